The third-order valence-corrected chi connectivity index (χ3v) is 3.57. The van der Waals surface area contributed by atoms with Crippen LogP contribution in [0.4, 0.5) is 5.69 Å². The first-order chi connectivity index (χ1) is 10.6. The Hall–Kier alpha value is -2.88. The van der Waals surface area contributed by atoms with Gasteiger partial charge in [0.05, 0.1) is 4.92 Å². The van der Waals surface area contributed by atoms with E-state index in [4.69, 9.17) is 4.74 Å². The normalized spacial score (nSPS) is 13.0. The molecule has 0 atom stereocenters. The molecule has 22 heavy (non-hydrogen) atoms. The number of hydrogen-bond donors (Lipinski definition) is 0. The summed E-state index contributed by atoms with van der Waals surface area (Å²) in [6.45, 7) is 4.11. The molecule has 0 fully saturated rings. The third-order valence-electron chi connectivity index (χ3n) is 3.57. The summed E-state index contributed by atoms with van der Waals surface area (Å²) in [4.78, 5) is 10.3. The summed E-state index contributed by atoms with van der Waals surface area (Å²) < 4.78 is 5.96. The predicted molar refractivity (Wildman–Crippen MR) is 86.4 cm³/mol. The molecule has 0 aromatic heterocycles. The van der Waals surface area contributed by atoms with Gasteiger partial charge in [-0.25, -0.2) is 0 Å². The van der Waals surface area contributed by atoms with E-state index in [1.165, 1.54) is 17.7 Å². The van der Waals surface area contributed by atoms with Crippen LogP contribution in [0.2, 0.25) is 0 Å². The van der Waals surface area contributed by atoms with Crippen molar-refractivity contribution in [2.45, 2.75) is 13.8 Å². The Kier molecular flexibility index (Phi) is 3.51. The zero-order chi connectivity index (χ0) is 15.7. The second-order valence-electron chi connectivity index (χ2n) is 5.32. The molecular formula is C18H15NO3. The quantitative estimate of drug-likeness (QED) is 0.589. The Balaban J connectivity index is 2.06. The molecule has 3 rings (SSSR count). The van der Waals surface area contributed by atoms with Gasteiger partial charge in [0, 0.05) is 23.3 Å². The van der Waals surface area contributed by atoms with Gasteiger partial charge in [0.15, 0.2) is 0 Å². The van der Waals surface area contributed by atoms with E-state index in [-0.39, 0.29) is 5.69 Å². The lowest BCUT2D eigenvalue weighted by atomic mass is 9.96. The van der Waals surface area contributed by atoms with E-state index in [1.54, 1.807) is 12.1 Å². The summed E-state index contributed by atoms with van der Waals surface area (Å²) in [6.07, 6.45) is 1.98. The van der Waals surface area contributed by atoms with Crippen LogP contribution < -0.4 is 4.74 Å². The zero-order valence-corrected chi connectivity index (χ0v) is 12.4. The number of non-ortho nitro benzene ring substituents is 1. The Morgan fingerprint density at radius 3 is 2.36 bits per heavy atom. The van der Waals surface area contributed by atoms with E-state index in [0.717, 1.165) is 22.4 Å². The first-order valence-corrected chi connectivity index (χ1v) is 6.97. The van der Waals surface area contributed by atoms with Crippen LogP contribution in [0.25, 0.3) is 11.3 Å². The van der Waals surface area contributed by atoms with Crippen LogP contribution in [0, 0.1) is 10.1 Å². The Labute approximate surface area is 128 Å². The molecule has 4 nitrogen and oxygen atoms in total. The van der Waals surface area contributed by atoms with Crippen molar-refractivity contribution in [3.63, 3.8) is 0 Å². The molecule has 0 unspecified atom stereocenters. The maximum atomic E-state index is 10.7. The molecule has 0 N–H and O–H groups in total. The summed E-state index contributed by atoms with van der Waals surface area (Å²) in [5.41, 5.74) is 4.26. The molecule has 1 aliphatic heterocycles. The van der Waals surface area contributed by atoms with Crippen LogP contribution in [-0.4, -0.2) is 4.92 Å². The van der Waals surface area contributed by atoms with Crippen LogP contribution in [0.1, 0.15) is 25.0 Å². The highest BCUT2D eigenvalue weighted by molar-refractivity contribution is 5.89. The van der Waals surface area contributed by atoms with Crippen LogP contribution >= 0.6 is 0 Å². The van der Waals surface area contributed by atoms with Crippen LogP contribution in [0.15, 0.2) is 60.2 Å². The fraction of sp³-hybridized carbons (Fsp3) is 0.111. The number of benzene rings is 2. The first-order valence-electron chi connectivity index (χ1n) is 6.97. The average molecular weight is 293 g/mol. The number of rotatable bonds is 2. The van der Waals surface area contributed by atoms with E-state index in [2.05, 4.69) is 13.8 Å². The van der Waals surface area contributed by atoms with E-state index < -0.39 is 4.92 Å². The maximum Gasteiger partial charge on any atom is 0.269 e. The molecule has 0 aliphatic carbocycles. The van der Waals surface area contributed by atoms with Crippen molar-refractivity contribution in [2.24, 2.45) is 0 Å². The van der Waals surface area contributed by atoms with Gasteiger partial charge in [0.1, 0.15) is 11.5 Å². The lowest BCUT2D eigenvalue weighted by Gasteiger charge is -2.21. The minimum absolute atomic E-state index is 0.0722. The summed E-state index contributed by atoms with van der Waals surface area (Å²) in [7, 11) is 0. The molecule has 2 aromatic carbocycles. The summed E-state index contributed by atoms with van der Waals surface area (Å²) in [5.74, 6) is 1.50. The van der Waals surface area contributed by atoms with Gasteiger partial charge in [-0.15, -0.1) is 0 Å². The predicted octanol–water partition coefficient (Wildman–Crippen LogP) is 4.82. The van der Waals surface area contributed by atoms with Gasteiger partial charge in [-0.05, 0) is 43.7 Å². The van der Waals surface area contributed by atoms with Crippen LogP contribution in [-0.2, 0) is 0 Å². The minimum atomic E-state index is -0.406. The largest absolute Gasteiger partial charge is 0.456 e. The van der Waals surface area contributed by atoms with E-state index >= 15 is 0 Å². The number of nitro groups is 1. The lowest BCUT2D eigenvalue weighted by molar-refractivity contribution is -0.384. The Bertz CT molecular complexity index is 797. The van der Waals surface area contributed by atoms with Gasteiger partial charge in [0.2, 0.25) is 0 Å². The van der Waals surface area contributed by atoms with Crippen LogP contribution in [0.5, 0.6) is 5.75 Å². The van der Waals surface area contributed by atoms with Gasteiger partial charge in [-0.3, -0.25) is 10.1 Å². The van der Waals surface area contributed by atoms with Crippen molar-refractivity contribution in [1.82, 2.24) is 0 Å². The molecule has 110 valence electrons. The van der Waals surface area contributed by atoms with Crippen molar-refractivity contribution in [3.05, 3.63) is 81.4 Å². The number of fused-ring (bicyclic) bond motifs is 1. The second kappa shape index (κ2) is 5.48. The number of para-hydroxylation sites is 1. The Morgan fingerprint density at radius 2 is 1.73 bits per heavy atom. The maximum absolute atomic E-state index is 10.7. The van der Waals surface area contributed by atoms with E-state index in [9.17, 15) is 10.1 Å². The van der Waals surface area contributed by atoms with Crippen molar-refractivity contribution < 1.29 is 9.66 Å². The number of hydrogen-bond acceptors (Lipinski definition) is 3. The van der Waals surface area contributed by atoms with E-state index in [0.29, 0.717) is 5.76 Å². The highest BCUT2D eigenvalue weighted by Gasteiger charge is 2.18. The molecule has 1 heterocycles. The summed E-state index contributed by atoms with van der Waals surface area (Å²) in [5, 5.41) is 10.7. The molecule has 0 bridgehead atoms. The highest BCUT2D eigenvalue weighted by Crippen LogP contribution is 2.38. The van der Waals surface area contributed by atoms with E-state index in [1.807, 2.05) is 30.3 Å². The molecule has 0 saturated heterocycles. The number of ether oxygens (including phenoxy) is 1. The number of nitrogens with zero attached hydrogens (tertiary/aromatic N) is 1. The topological polar surface area (TPSA) is 52.4 Å². The van der Waals surface area contributed by atoms with Crippen LogP contribution in [0.3, 0.4) is 0 Å². The van der Waals surface area contributed by atoms with Crippen molar-refractivity contribution >= 4 is 17.0 Å². The van der Waals surface area contributed by atoms with Gasteiger partial charge in [0.25, 0.3) is 5.69 Å². The van der Waals surface area contributed by atoms with Gasteiger partial charge in [-0.1, -0.05) is 23.8 Å². The molecule has 0 spiro atoms. The zero-order valence-electron chi connectivity index (χ0n) is 12.4. The molecule has 1 aliphatic rings. The SMILES string of the molecule is CC(C)=C1C=C(c2ccc([N+](=O)[O-])cc2)Oc2ccccc21. The molecule has 0 saturated carbocycles. The third kappa shape index (κ3) is 2.51. The fourth-order valence-corrected chi connectivity index (χ4v) is 2.44. The summed E-state index contributed by atoms with van der Waals surface area (Å²) in [6, 6.07) is 14.3. The molecular weight excluding hydrogens is 278 g/mol. The fourth-order valence-electron chi connectivity index (χ4n) is 2.44. The first kappa shape index (κ1) is 14.1. The van der Waals surface area contributed by atoms with Crippen molar-refractivity contribution in [3.8, 4) is 5.75 Å². The molecule has 0 amide bonds. The lowest BCUT2D eigenvalue weighted by Crippen LogP contribution is -2.04. The molecule has 2 aromatic rings. The monoisotopic (exact) mass is 293 g/mol. The minimum Gasteiger partial charge on any atom is -0.456 e. The molecule has 4 heteroatoms. The smallest absolute Gasteiger partial charge is 0.269 e. The van der Waals surface area contributed by atoms with Gasteiger partial charge >= 0.3 is 0 Å². The standard InChI is InChI=1S/C18H15NO3/c1-12(2)16-11-18(22-17-6-4-3-5-15(16)17)13-7-9-14(10-8-13)19(20)21/h3-11H,1-2H3. The van der Waals surface area contributed by atoms with Crippen molar-refractivity contribution in [1.29, 1.82) is 0 Å². The Morgan fingerprint density at radius 1 is 1.05 bits per heavy atom. The van der Waals surface area contributed by atoms with Gasteiger partial charge < -0.3 is 4.74 Å². The van der Waals surface area contributed by atoms with Gasteiger partial charge in [-0.2, -0.15) is 0 Å². The van der Waals surface area contributed by atoms with Crippen molar-refractivity contribution in [2.75, 3.05) is 0 Å². The molecule has 0 radical (unpaired) electrons. The average Bonchev–Trinajstić information content (AvgIpc) is 2.53. The summed E-state index contributed by atoms with van der Waals surface area (Å²) >= 11 is 0. The number of allylic oxidation sites excluding steroid dienone is 3. The highest BCUT2D eigenvalue weighted by atomic mass is 16.6. The number of nitro benzene ring substituents is 1. The second-order valence-corrected chi connectivity index (χ2v) is 5.32.